The van der Waals surface area contributed by atoms with Gasteiger partial charge in [0.15, 0.2) is 11.5 Å². The van der Waals surface area contributed by atoms with Crippen LogP contribution in [0.4, 0.5) is 0 Å². The number of rotatable bonds is 5. The van der Waals surface area contributed by atoms with Gasteiger partial charge in [-0.05, 0) is 37.0 Å². The molecule has 0 aromatic heterocycles. The van der Waals surface area contributed by atoms with E-state index >= 15 is 0 Å². The van der Waals surface area contributed by atoms with Gasteiger partial charge in [-0.15, -0.1) is 0 Å². The Labute approximate surface area is 154 Å². The zero-order valence-corrected chi connectivity index (χ0v) is 15.7. The second-order valence-corrected chi connectivity index (χ2v) is 7.50. The third-order valence-corrected chi connectivity index (χ3v) is 6.65. The predicted molar refractivity (Wildman–Crippen MR) is 95.0 cm³/mol. The smallest absolute Gasteiger partial charge is 0.203 e. The average molecular weight is 364 g/mol. The zero-order chi connectivity index (χ0) is 18.4. The van der Waals surface area contributed by atoms with Crippen LogP contribution in [0, 0.1) is 5.41 Å². The summed E-state index contributed by atoms with van der Waals surface area (Å²) < 4.78 is 29.3. The summed E-state index contributed by atoms with van der Waals surface area (Å²) >= 11 is 0. The molecule has 1 aromatic carbocycles. The lowest BCUT2D eigenvalue weighted by Crippen LogP contribution is -2.52. The molecule has 3 fully saturated rings. The van der Waals surface area contributed by atoms with Crippen molar-refractivity contribution < 1.29 is 28.8 Å². The Kier molecular flexibility index (Phi) is 4.53. The zero-order valence-electron chi connectivity index (χ0n) is 15.7. The molecular formula is C20H28O6. The van der Waals surface area contributed by atoms with Crippen LogP contribution in [-0.2, 0) is 9.47 Å². The second-order valence-electron chi connectivity index (χ2n) is 7.50. The summed E-state index contributed by atoms with van der Waals surface area (Å²) in [5, 5.41) is 10.0. The topological polar surface area (TPSA) is 66.4 Å². The summed E-state index contributed by atoms with van der Waals surface area (Å²) in [5.41, 5.74) is 0.501. The maximum Gasteiger partial charge on any atom is 0.203 e. The van der Waals surface area contributed by atoms with Crippen molar-refractivity contribution in [3.8, 4) is 17.2 Å². The van der Waals surface area contributed by atoms with Crippen LogP contribution in [0.25, 0.3) is 0 Å². The average Bonchev–Trinajstić information content (AvgIpc) is 3.20. The Bertz CT molecular complexity index is 651. The van der Waals surface area contributed by atoms with Crippen molar-refractivity contribution in [3.63, 3.8) is 0 Å². The number of aliphatic hydroxyl groups is 1. The lowest BCUT2D eigenvalue weighted by molar-refractivity contribution is -0.115. The molecule has 4 rings (SSSR count). The predicted octanol–water partition coefficient (Wildman–Crippen LogP) is 2.86. The summed E-state index contributed by atoms with van der Waals surface area (Å²) in [4.78, 5) is 0. The van der Waals surface area contributed by atoms with Crippen molar-refractivity contribution in [2.24, 2.45) is 5.41 Å². The van der Waals surface area contributed by atoms with E-state index in [2.05, 4.69) is 0 Å². The highest BCUT2D eigenvalue weighted by molar-refractivity contribution is 5.55. The first-order valence-corrected chi connectivity index (χ1v) is 9.36. The van der Waals surface area contributed by atoms with E-state index in [0.29, 0.717) is 17.2 Å². The van der Waals surface area contributed by atoms with Gasteiger partial charge in [0.25, 0.3) is 0 Å². The van der Waals surface area contributed by atoms with Gasteiger partial charge in [-0.2, -0.15) is 0 Å². The van der Waals surface area contributed by atoms with Gasteiger partial charge in [0, 0.05) is 12.0 Å². The van der Waals surface area contributed by atoms with Gasteiger partial charge in [0.2, 0.25) is 5.75 Å². The van der Waals surface area contributed by atoms with Crippen molar-refractivity contribution >= 4 is 0 Å². The second kappa shape index (κ2) is 6.59. The summed E-state index contributed by atoms with van der Waals surface area (Å²) in [5.74, 6) is 1.81. The third kappa shape index (κ3) is 2.22. The number of ether oxygens (including phenoxy) is 5. The van der Waals surface area contributed by atoms with E-state index < -0.39 is 0 Å². The Hall–Kier alpha value is -1.50. The summed E-state index contributed by atoms with van der Waals surface area (Å²) in [6, 6.07) is 3.94. The molecule has 0 amide bonds. The van der Waals surface area contributed by atoms with Crippen LogP contribution < -0.4 is 14.2 Å². The fraction of sp³-hybridized carbons (Fsp3) is 0.700. The molecule has 1 aliphatic carbocycles. The first kappa shape index (κ1) is 17.9. The van der Waals surface area contributed by atoms with Gasteiger partial charge in [-0.25, -0.2) is 0 Å². The van der Waals surface area contributed by atoms with E-state index in [1.807, 2.05) is 12.1 Å². The van der Waals surface area contributed by atoms with Gasteiger partial charge in [0.05, 0.1) is 34.0 Å². The minimum atomic E-state index is -0.384. The highest BCUT2D eigenvalue weighted by Gasteiger charge is 2.70. The molecule has 0 spiro atoms. The Morgan fingerprint density at radius 1 is 1.04 bits per heavy atom. The van der Waals surface area contributed by atoms with Gasteiger partial charge in [-0.1, -0.05) is 12.8 Å². The molecule has 2 heterocycles. The van der Waals surface area contributed by atoms with Crippen LogP contribution in [0.15, 0.2) is 12.1 Å². The summed E-state index contributed by atoms with van der Waals surface area (Å²) in [6.45, 7) is 0.698. The maximum absolute atomic E-state index is 10.0. The minimum absolute atomic E-state index is 0.0251. The molecule has 1 N–H and O–H groups in total. The van der Waals surface area contributed by atoms with Gasteiger partial charge in [0.1, 0.15) is 11.7 Å². The van der Waals surface area contributed by atoms with Crippen LogP contribution >= 0.6 is 0 Å². The molecule has 6 nitrogen and oxygen atoms in total. The molecule has 0 bridgehead atoms. The first-order chi connectivity index (χ1) is 12.7. The monoisotopic (exact) mass is 364 g/mol. The summed E-state index contributed by atoms with van der Waals surface area (Å²) in [7, 11) is 4.84. The first-order valence-electron chi connectivity index (χ1n) is 9.36. The molecule has 0 radical (unpaired) electrons. The van der Waals surface area contributed by atoms with Crippen LogP contribution in [0.3, 0.4) is 0 Å². The number of hydrogen-bond donors (Lipinski definition) is 1. The SMILES string of the molecule is COc1cc([C@H]2O[C@@H](CO)[C@]34CCCC[C@]23CCO4)cc(OC)c1OC. The molecule has 1 saturated carbocycles. The van der Waals surface area contributed by atoms with E-state index in [1.54, 1.807) is 21.3 Å². The van der Waals surface area contributed by atoms with Gasteiger partial charge < -0.3 is 28.8 Å². The van der Waals surface area contributed by atoms with E-state index in [-0.39, 0.29) is 29.8 Å². The molecule has 4 atom stereocenters. The Morgan fingerprint density at radius 3 is 2.35 bits per heavy atom. The van der Waals surface area contributed by atoms with E-state index in [9.17, 15) is 5.11 Å². The quantitative estimate of drug-likeness (QED) is 0.867. The third-order valence-electron chi connectivity index (χ3n) is 6.65. The molecule has 3 aliphatic rings. The maximum atomic E-state index is 10.0. The van der Waals surface area contributed by atoms with Crippen molar-refractivity contribution in [2.75, 3.05) is 34.5 Å². The normalized spacial score (nSPS) is 35.7. The molecule has 2 saturated heterocycles. The highest BCUT2D eigenvalue weighted by Crippen LogP contribution is 2.67. The van der Waals surface area contributed by atoms with Crippen LogP contribution in [0.1, 0.15) is 43.8 Å². The lowest BCUT2D eigenvalue weighted by atomic mass is 9.59. The Balaban J connectivity index is 1.83. The van der Waals surface area contributed by atoms with Gasteiger partial charge >= 0.3 is 0 Å². The number of benzene rings is 1. The van der Waals surface area contributed by atoms with Crippen LogP contribution in [0.5, 0.6) is 17.2 Å². The Morgan fingerprint density at radius 2 is 1.73 bits per heavy atom. The summed E-state index contributed by atoms with van der Waals surface area (Å²) in [6.07, 6.45) is 4.76. The largest absolute Gasteiger partial charge is 0.493 e. The minimum Gasteiger partial charge on any atom is -0.493 e. The highest BCUT2D eigenvalue weighted by atomic mass is 16.6. The molecule has 1 aromatic rings. The number of hydrogen-bond acceptors (Lipinski definition) is 6. The van der Waals surface area contributed by atoms with E-state index in [0.717, 1.165) is 44.3 Å². The molecule has 26 heavy (non-hydrogen) atoms. The standard InChI is InChI=1S/C20H28O6/c1-22-14-10-13(11-15(23-2)17(14)24-3)18-19-6-4-5-7-20(19,25-9-8-19)16(12-21)26-18/h10-11,16,18,21H,4-9,12H2,1-3H3/t16-,18+,19-,20+/m0/s1. The molecule has 6 heteroatoms. The number of methoxy groups -OCH3 is 3. The molecule has 0 unspecified atom stereocenters. The molecule has 2 aliphatic heterocycles. The van der Waals surface area contributed by atoms with E-state index in [4.69, 9.17) is 23.7 Å². The van der Waals surface area contributed by atoms with Crippen LogP contribution in [-0.4, -0.2) is 51.4 Å². The fourth-order valence-corrected chi connectivity index (χ4v) is 5.56. The van der Waals surface area contributed by atoms with E-state index in [1.165, 1.54) is 0 Å². The lowest BCUT2D eigenvalue weighted by Gasteiger charge is -2.45. The van der Waals surface area contributed by atoms with Crippen molar-refractivity contribution in [2.45, 2.75) is 49.9 Å². The van der Waals surface area contributed by atoms with Gasteiger partial charge in [-0.3, -0.25) is 0 Å². The molecular weight excluding hydrogens is 336 g/mol. The van der Waals surface area contributed by atoms with Crippen molar-refractivity contribution in [1.82, 2.24) is 0 Å². The van der Waals surface area contributed by atoms with Crippen molar-refractivity contribution in [1.29, 1.82) is 0 Å². The molecule has 144 valence electrons. The number of aliphatic hydroxyl groups excluding tert-OH is 1. The van der Waals surface area contributed by atoms with Crippen LogP contribution in [0.2, 0.25) is 0 Å². The fourth-order valence-electron chi connectivity index (χ4n) is 5.56. The van der Waals surface area contributed by atoms with Crippen molar-refractivity contribution in [3.05, 3.63) is 17.7 Å².